The van der Waals surface area contributed by atoms with Crippen molar-refractivity contribution >= 4 is 26.1 Å². The Morgan fingerprint density at radius 1 is 1.04 bits per heavy atom. The second-order valence-corrected chi connectivity index (χ2v) is 13.7. The Kier molecular flexibility index (Phi) is 10.2. The number of hydrogen-bond acceptors (Lipinski definition) is 5. The normalized spacial score (nSPS) is 14.4. The molecule has 0 aliphatic carbocycles. The zero-order chi connectivity index (χ0) is 21.4. The molecule has 0 saturated carbocycles. The minimum atomic E-state index is -1.94. The van der Waals surface area contributed by atoms with E-state index in [1.54, 1.807) is 0 Å². The van der Waals surface area contributed by atoms with Crippen molar-refractivity contribution in [2.24, 2.45) is 5.92 Å². The van der Waals surface area contributed by atoms with Crippen molar-refractivity contribution in [1.29, 1.82) is 0 Å². The van der Waals surface area contributed by atoms with E-state index in [4.69, 9.17) is 9.16 Å². The Balaban J connectivity index is 5.01. The maximum Gasteiger partial charge on any atom is 0.328 e. The van der Waals surface area contributed by atoms with Crippen molar-refractivity contribution in [3.05, 3.63) is 0 Å². The largest absolute Gasteiger partial charge is 0.467 e. The van der Waals surface area contributed by atoms with Gasteiger partial charge >= 0.3 is 5.97 Å². The van der Waals surface area contributed by atoms with Gasteiger partial charge in [-0.05, 0) is 30.5 Å². The third-order valence-electron chi connectivity index (χ3n) is 4.88. The number of amides is 2. The summed E-state index contributed by atoms with van der Waals surface area (Å²) >= 11 is 0. The molecule has 0 unspecified atom stereocenters. The molecular formula is C19H38N2O5Si. The summed E-state index contributed by atoms with van der Waals surface area (Å²) in [6.45, 7) is 16.3. The predicted octanol–water partition coefficient (Wildman–Crippen LogP) is 2.61. The summed E-state index contributed by atoms with van der Waals surface area (Å²) in [5.74, 6) is -0.979. The van der Waals surface area contributed by atoms with Crippen LogP contribution in [-0.2, 0) is 23.5 Å². The SMILES string of the molecule is COC(=O)[C@@H](CCO[Si](C)(C)C(C)(C)C)NC(=O)[C@H](CC(C)C)NC(C)=O. The van der Waals surface area contributed by atoms with Gasteiger partial charge in [-0.15, -0.1) is 0 Å². The molecule has 0 spiro atoms. The van der Waals surface area contributed by atoms with E-state index in [0.717, 1.165) is 0 Å². The molecule has 0 aliphatic heterocycles. The predicted molar refractivity (Wildman–Crippen MR) is 109 cm³/mol. The first-order chi connectivity index (χ1) is 12.2. The van der Waals surface area contributed by atoms with Gasteiger partial charge in [0.25, 0.3) is 0 Å². The van der Waals surface area contributed by atoms with Gasteiger partial charge in [0.1, 0.15) is 12.1 Å². The van der Waals surface area contributed by atoms with E-state index >= 15 is 0 Å². The van der Waals surface area contributed by atoms with Gasteiger partial charge in [0.15, 0.2) is 8.32 Å². The molecule has 0 aromatic heterocycles. The van der Waals surface area contributed by atoms with Crippen LogP contribution in [0.5, 0.6) is 0 Å². The average molecular weight is 403 g/mol. The second-order valence-electron chi connectivity index (χ2n) is 8.86. The highest BCUT2D eigenvalue weighted by molar-refractivity contribution is 6.74. The Hall–Kier alpha value is -1.41. The number of esters is 1. The van der Waals surface area contributed by atoms with Gasteiger partial charge in [0, 0.05) is 20.0 Å². The number of rotatable bonds is 10. The molecule has 8 heteroatoms. The van der Waals surface area contributed by atoms with Gasteiger partial charge in [-0.3, -0.25) is 9.59 Å². The Morgan fingerprint density at radius 3 is 2.00 bits per heavy atom. The standard InChI is InChI=1S/C19H38N2O5Si/c1-13(2)12-16(20-14(3)22)17(23)21-15(18(24)25-7)10-11-26-27(8,9)19(4,5)6/h13,15-16H,10-12H2,1-9H3,(H,20,22)(H,21,23)/t15-,16+/m1/s1. The van der Waals surface area contributed by atoms with Crippen LogP contribution in [0.2, 0.25) is 18.1 Å². The second kappa shape index (κ2) is 10.8. The van der Waals surface area contributed by atoms with Crippen molar-refractivity contribution in [3.63, 3.8) is 0 Å². The third kappa shape index (κ3) is 9.37. The zero-order valence-electron chi connectivity index (χ0n) is 18.4. The molecule has 0 radical (unpaired) electrons. The maximum absolute atomic E-state index is 12.6. The number of nitrogens with one attached hydrogen (secondary N) is 2. The average Bonchev–Trinajstić information content (AvgIpc) is 2.50. The van der Waals surface area contributed by atoms with Crippen molar-refractivity contribution in [3.8, 4) is 0 Å². The van der Waals surface area contributed by atoms with Crippen LogP contribution in [0, 0.1) is 5.92 Å². The number of carbonyl (C=O) groups is 3. The fourth-order valence-electron chi connectivity index (χ4n) is 2.26. The van der Waals surface area contributed by atoms with Gasteiger partial charge in [0.2, 0.25) is 11.8 Å². The monoisotopic (exact) mass is 402 g/mol. The maximum atomic E-state index is 12.6. The first kappa shape index (κ1) is 25.6. The highest BCUT2D eigenvalue weighted by atomic mass is 28.4. The van der Waals surface area contributed by atoms with E-state index in [1.807, 2.05) is 13.8 Å². The summed E-state index contributed by atoms with van der Waals surface area (Å²) in [7, 11) is -0.657. The molecule has 2 atom stereocenters. The van der Waals surface area contributed by atoms with Crippen LogP contribution >= 0.6 is 0 Å². The molecule has 0 saturated heterocycles. The summed E-state index contributed by atoms with van der Waals surface area (Å²) in [4.78, 5) is 36.1. The molecular weight excluding hydrogens is 364 g/mol. The molecule has 0 bridgehead atoms. The van der Waals surface area contributed by atoms with E-state index in [0.29, 0.717) is 19.4 Å². The zero-order valence-corrected chi connectivity index (χ0v) is 19.4. The lowest BCUT2D eigenvalue weighted by atomic mass is 10.0. The minimum absolute atomic E-state index is 0.0603. The molecule has 7 nitrogen and oxygen atoms in total. The summed E-state index contributed by atoms with van der Waals surface area (Å²) < 4.78 is 10.9. The summed E-state index contributed by atoms with van der Waals surface area (Å²) in [6.07, 6.45) is 0.805. The van der Waals surface area contributed by atoms with E-state index in [1.165, 1.54) is 14.0 Å². The van der Waals surface area contributed by atoms with Crippen LogP contribution in [0.25, 0.3) is 0 Å². The summed E-state index contributed by atoms with van der Waals surface area (Å²) in [5.41, 5.74) is 0. The number of hydrogen-bond donors (Lipinski definition) is 2. The Labute approximate surface area is 165 Å². The van der Waals surface area contributed by atoms with Gasteiger partial charge < -0.3 is 19.8 Å². The first-order valence-electron chi connectivity index (χ1n) is 9.50. The van der Waals surface area contributed by atoms with Crippen LogP contribution in [0.15, 0.2) is 0 Å². The lowest BCUT2D eigenvalue weighted by Gasteiger charge is -2.36. The number of methoxy groups -OCH3 is 1. The van der Waals surface area contributed by atoms with Crippen molar-refractivity contribution in [2.75, 3.05) is 13.7 Å². The number of ether oxygens (including phenoxy) is 1. The van der Waals surface area contributed by atoms with Gasteiger partial charge in [-0.1, -0.05) is 34.6 Å². The quantitative estimate of drug-likeness (QED) is 0.433. The van der Waals surface area contributed by atoms with Crippen LogP contribution in [-0.4, -0.2) is 51.9 Å². The lowest BCUT2D eigenvalue weighted by molar-refractivity contribution is -0.145. The van der Waals surface area contributed by atoms with Crippen LogP contribution in [0.3, 0.4) is 0 Å². The van der Waals surface area contributed by atoms with E-state index in [-0.39, 0.29) is 22.8 Å². The molecule has 27 heavy (non-hydrogen) atoms. The Bertz CT molecular complexity index is 515. The molecule has 2 N–H and O–H groups in total. The van der Waals surface area contributed by atoms with Gasteiger partial charge in [0.05, 0.1) is 7.11 Å². The fourth-order valence-corrected chi connectivity index (χ4v) is 3.32. The molecule has 0 rings (SSSR count). The van der Waals surface area contributed by atoms with Crippen molar-refractivity contribution in [2.45, 2.75) is 84.6 Å². The summed E-state index contributed by atoms with van der Waals surface area (Å²) in [5, 5.41) is 5.42. The molecule has 158 valence electrons. The summed E-state index contributed by atoms with van der Waals surface area (Å²) in [6, 6.07) is -1.49. The molecule has 0 aliphatic rings. The van der Waals surface area contributed by atoms with Crippen LogP contribution in [0.4, 0.5) is 0 Å². The minimum Gasteiger partial charge on any atom is -0.467 e. The lowest BCUT2D eigenvalue weighted by Crippen LogP contribution is -2.52. The van der Waals surface area contributed by atoms with E-state index in [2.05, 4.69) is 44.5 Å². The van der Waals surface area contributed by atoms with E-state index < -0.39 is 26.4 Å². The molecule has 0 aromatic rings. The third-order valence-corrected chi connectivity index (χ3v) is 9.42. The fraction of sp³-hybridized carbons (Fsp3) is 0.842. The molecule has 0 aromatic carbocycles. The van der Waals surface area contributed by atoms with Crippen molar-refractivity contribution < 1.29 is 23.5 Å². The van der Waals surface area contributed by atoms with E-state index in [9.17, 15) is 14.4 Å². The van der Waals surface area contributed by atoms with Crippen molar-refractivity contribution in [1.82, 2.24) is 10.6 Å². The van der Waals surface area contributed by atoms with Crippen LogP contribution in [0.1, 0.15) is 54.4 Å². The highest BCUT2D eigenvalue weighted by Gasteiger charge is 2.37. The smallest absolute Gasteiger partial charge is 0.328 e. The molecule has 0 heterocycles. The molecule has 2 amide bonds. The Morgan fingerprint density at radius 2 is 1.59 bits per heavy atom. The first-order valence-corrected chi connectivity index (χ1v) is 12.4. The van der Waals surface area contributed by atoms with Crippen LogP contribution < -0.4 is 10.6 Å². The van der Waals surface area contributed by atoms with Gasteiger partial charge in [-0.25, -0.2) is 4.79 Å². The van der Waals surface area contributed by atoms with Gasteiger partial charge in [-0.2, -0.15) is 0 Å². The molecule has 0 fully saturated rings. The number of carbonyl (C=O) groups excluding carboxylic acids is 3. The highest BCUT2D eigenvalue weighted by Crippen LogP contribution is 2.36. The topological polar surface area (TPSA) is 93.7 Å².